The molecular weight excluding hydrogens is 310 g/mol. The highest BCUT2D eigenvalue weighted by Gasteiger charge is 2.57. The Morgan fingerprint density at radius 1 is 1.35 bits per heavy atom. The van der Waals surface area contributed by atoms with Crippen LogP contribution >= 0.6 is 11.8 Å². The number of hydrogen-bond acceptors (Lipinski definition) is 5. The maximum absolute atomic E-state index is 12.5. The first kappa shape index (κ1) is 13.9. The van der Waals surface area contributed by atoms with Crippen LogP contribution in [0.3, 0.4) is 0 Å². The van der Waals surface area contributed by atoms with Crippen LogP contribution < -0.4 is 0 Å². The fraction of sp³-hybridized carbons (Fsp3) is 0.500. The molecule has 0 N–H and O–H groups in total. The molecule has 0 radical (unpaired) electrons. The minimum absolute atomic E-state index is 0.174. The monoisotopic (exact) mass is 329 g/mol. The van der Waals surface area contributed by atoms with Gasteiger partial charge in [-0.3, -0.25) is 0 Å². The van der Waals surface area contributed by atoms with E-state index in [0.717, 1.165) is 36.4 Å². The molecule has 1 spiro atoms. The van der Waals surface area contributed by atoms with Crippen molar-refractivity contribution in [3.8, 4) is 0 Å². The molecule has 0 unspecified atom stereocenters. The third-order valence-electron chi connectivity index (χ3n) is 5.45. The van der Waals surface area contributed by atoms with Crippen LogP contribution in [0.25, 0.3) is 0 Å². The average Bonchev–Trinajstić information content (AvgIpc) is 3.13. The molecule has 0 aliphatic carbocycles. The van der Waals surface area contributed by atoms with Crippen molar-refractivity contribution in [2.45, 2.75) is 36.8 Å². The first-order chi connectivity index (χ1) is 11.2. The van der Waals surface area contributed by atoms with E-state index in [1.807, 2.05) is 6.92 Å². The number of thioether (sulfide) groups is 1. The predicted octanol–water partition coefficient (Wildman–Crippen LogP) is 2.65. The topological polar surface area (TPSA) is 38.8 Å². The number of cyclic esters (lactones) is 1. The molecule has 0 saturated carbocycles. The standard InChI is InChI=1S/C18H19NO3S/c1-11-16-15(17(20)22-11)18(21-8-9-23-18)10-14-13-5-3-2-4-12(13)6-7-19(14)16/h2-5,11,14H,6-10H2,1H3/t11-,14+,18+/m1/s1. The Balaban J connectivity index is 1.70. The van der Waals surface area contributed by atoms with E-state index in [2.05, 4.69) is 29.2 Å². The Bertz CT molecular complexity index is 723. The summed E-state index contributed by atoms with van der Waals surface area (Å²) < 4.78 is 11.7. The zero-order valence-electron chi connectivity index (χ0n) is 13.1. The van der Waals surface area contributed by atoms with Gasteiger partial charge < -0.3 is 14.4 Å². The van der Waals surface area contributed by atoms with Gasteiger partial charge in [0, 0.05) is 18.7 Å². The SMILES string of the molecule is C[C@H]1OC(=O)C2=C1N1CCc3ccccc3[C@@H]1C[C@@]21OCCS1. The molecule has 120 valence electrons. The largest absolute Gasteiger partial charge is 0.453 e. The second kappa shape index (κ2) is 4.77. The zero-order valence-corrected chi connectivity index (χ0v) is 13.9. The Labute approximate surface area is 139 Å². The highest BCUT2D eigenvalue weighted by Crippen LogP contribution is 2.56. The number of rotatable bonds is 0. The molecule has 4 heterocycles. The Morgan fingerprint density at radius 2 is 2.22 bits per heavy atom. The van der Waals surface area contributed by atoms with E-state index in [1.54, 1.807) is 11.8 Å². The first-order valence-electron chi connectivity index (χ1n) is 8.27. The maximum atomic E-state index is 12.5. The van der Waals surface area contributed by atoms with E-state index in [1.165, 1.54) is 11.1 Å². The summed E-state index contributed by atoms with van der Waals surface area (Å²) in [5.41, 5.74) is 4.65. The molecule has 4 aliphatic heterocycles. The molecule has 0 bridgehead atoms. The summed E-state index contributed by atoms with van der Waals surface area (Å²) in [7, 11) is 0. The van der Waals surface area contributed by atoms with Crippen LogP contribution in [-0.4, -0.2) is 40.8 Å². The second-order valence-corrected chi connectivity index (χ2v) is 7.98. The molecule has 1 fully saturated rings. The molecule has 0 amide bonds. The quantitative estimate of drug-likeness (QED) is 0.684. The number of benzene rings is 1. The molecule has 1 aromatic carbocycles. The van der Waals surface area contributed by atoms with Crippen LogP contribution in [0.1, 0.15) is 30.5 Å². The number of fused-ring (bicyclic) bond motifs is 5. The molecule has 3 atom stereocenters. The van der Waals surface area contributed by atoms with Crippen LogP contribution in [0.15, 0.2) is 35.5 Å². The smallest absolute Gasteiger partial charge is 0.340 e. The lowest BCUT2D eigenvalue weighted by atomic mass is 9.83. The summed E-state index contributed by atoms with van der Waals surface area (Å²) in [4.78, 5) is 14.4. The lowest BCUT2D eigenvalue weighted by Gasteiger charge is -2.48. The lowest BCUT2D eigenvalue weighted by Crippen LogP contribution is -2.47. The van der Waals surface area contributed by atoms with Gasteiger partial charge in [0.05, 0.1) is 18.3 Å². The van der Waals surface area contributed by atoms with E-state index in [9.17, 15) is 4.79 Å². The number of carbonyl (C=O) groups excluding carboxylic acids is 1. The number of nitrogens with zero attached hydrogens (tertiary/aromatic N) is 1. The van der Waals surface area contributed by atoms with Gasteiger partial charge in [0.2, 0.25) is 0 Å². The van der Waals surface area contributed by atoms with Gasteiger partial charge >= 0.3 is 5.97 Å². The minimum atomic E-state index is -0.511. The molecule has 5 rings (SSSR count). The van der Waals surface area contributed by atoms with E-state index in [-0.39, 0.29) is 18.1 Å². The van der Waals surface area contributed by atoms with Gasteiger partial charge in [-0.1, -0.05) is 24.3 Å². The van der Waals surface area contributed by atoms with Gasteiger partial charge in [-0.05, 0) is 24.5 Å². The molecule has 1 aromatic rings. The summed E-state index contributed by atoms with van der Waals surface area (Å²) in [6.45, 7) is 3.64. The van der Waals surface area contributed by atoms with Crippen molar-refractivity contribution in [1.82, 2.24) is 4.90 Å². The summed E-state index contributed by atoms with van der Waals surface area (Å²) in [5, 5.41) is 0. The third kappa shape index (κ3) is 1.81. The van der Waals surface area contributed by atoms with Crippen LogP contribution in [0.2, 0.25) is 0 Å². The Morgan fingerprint density at radius 3 is 3.04 bits per heavy atom. The van der Waals surface area contributed by atoms with E-state index in [0.29, 0.717) is 6.61 Å². The van der Waals surface area contributed by atoms with Crippen LogP contribution in [0.5, 0.6) is 0 Å². The van der Waals surface area contributed by atoms with Gasteiger partial charge in [-0.25, -0.2) is 4.79 Å². The van der Waals surface area contributed by atoms with Crippen molar-refractivity contribution in [2.75, 3.05) is 18.9 Å². The first-order valence-corrected chi connectivity index (χ1v) is 9.26. The summed E-state index contributed by atoms with van der Waals surface area (Å²) in [5.74, 6) is 0.756. The molecule has 1 saturated heterocycles. The van der Waals surface area contributed by atoms with Gasteiger partial charge in [0.15, 0.2) is 4.93 Å². The number of carbonyl (C=O) groups is 1. The molecule has 4 aliphatic rings. The van der Waals surface area contributed by atoms with Crippen molar-refractivity contribution in [3.63, 3.8) is 0 Å². The van der Waals surface area contributed by atoms with Gasteiger partial charge in [0.25, 0.3) is 0 Å². The fourth-order valence-corrected chi connectivity index (χ4v) is 5.82. The lowest BCUT2D eigenvalue weighted by molar-refractivity contribution is -0.140. The maximum Gasteiger partial charge on any atom is 0.340 e. The van der Waals surface area contributed by atoms with Crippen molar-refractivity contribution >= 4 is 17.7 Å². The number of hydrogen-bond donors (Lipinski definition) is 0. The average molecular weight is 329 g/mol. The van der Waals surface area contributed by atoms with Crippen molar-refractivity contribution in [2.24, 2.45) is 0 Å². The van der Waals surface area contributed by atoms with Crippen molar-refractivity contribution in [1.29, 1.82) is 0 Å². The van der Waals surface area contributed by atoms with Gasteiger partial charge in [-0.2, -0.15) is 0 Å². The summed E-state index contributed by atoms with van der Waals surface area (Å²) >= 11 is 1.77. The fourth-order valence-electron chi connectivity index (χ4n) is 4.54. The Hall–Kier alpha value is -1.46. The van der Waals surface area contributed by atoms with Crippen molar-refractivity contribution in [3.05, 3.63) is 46.7 Å². The predicted molar refractivity (Wildman–Crippen MR) is 87.9 cm³/mol. The van der Waals surface area contributed by atoms with E-state index in [4.69, 9.17) is 9.47 Å². The highest BCUT2D eigenvalue weighted by atomic mass is 32.2. The molecule has 0 aromatic heterocycles. The Kier molecular flexibility index (Phi) is 2.89. The molecule has 4 nitrogen and oxygen atoms in total. The van der Waals surface area contributed by atoms with Crippen molar-refractivity contribution < 1.29 is 14.3 Å². The van der Waals surface area contributed by atoms with Crippen LogP contribution in [0.4, 0.5) is 0 Å². The molecule has 23 heavy (non-hydrogen) atoms. The highest BCUT2D eigenvalue weighted by molar-refractivity contribution is 8.01. The summed E-state index contributed by atoms with van der Waals surface area (Å²) in [6, 6.07) is 8.96. The number of esters is 1. The number of ether oxygens (including phenoxy) is 2. The third-order valence-corrected chi connectivity index (χ3v) is 6.77. The molecule has 5 heteroatoms. The van der Waals surface area contributed by atoms with E-state index >= 15 is 0 Å². The van der Waals surface area contributed by atoms with Gasteiger partial charge in [0.1, 0.15) is 11.7 Å². The summed E-state index contributed by atoms with van der Waals surface area (Å²) in [6.07, 6.45) is 1.67. The van der Waals surface area contributed by atoms with Crippen LogP contribution in [-0.2, 0) is 20.7 Å². The van der Waals surface area contributed by atoms with E-state index < -0.39 is 4.93 Å². The zero-order chi connectivity index (χ0) is 15.6. The molecular formula is C18H19NO3S. The minimum Gasteiger partial charge on any atom is -0.453 e. The second-order valence-electron chi connectivity index (χ2n) is 6.62. The normalized spacial score (nSPS) is 35.2. The van der Waals surface area contributed by atoms with Crippen LogP contribution in [0, 0.1) is 0 Å². The van der Waals surface area contributed by atoms with Gasteiger partial charge in [-0.15, -0.1) is 11.8 Å².